The van der Waals surface area contributed by atoms with E-state index in [0.717, 1.165) is 11.8 Å². The van der Waals surface area contributed by atoms with Gasteiger partial charge in [0.15, 0.2) is 0 Å². The second kappa shape index (κ2) is 7.41. The number of hydrogen-bond acceptors (Lipinski definition) is 5. The molecular formula is C15H14ClN3O4S. The summed E-state index contributed by atoms with van der Waals surface area (Å²) < 4.78 is 24.6. The van der Waals surface area contributed by atoms with Gasteiger partial charge in [0.25, 0.3) is 5.69 Å². The van der Waals surface area contributed by atoms with Crippen molar-refractivity contribution < 1.29 is 13.3 Å². The minimum atomic E-state index is -3.31. The highest BCUT2D eigenvalue weighted by molar-refractivity contribution is 7.92. The molecule has 0 aliphatic rings. The summed E-state index contributed by atoms with van der Waals surface area (Å²) in [5.41, 5.74) is 1.87. The molecule has 0 saturated heterocycles. The van der Waals surface area contributed by atoms with Crippen LogP contribution in [0.1, 0.15) is 11.1 Å². The lowest BCUT2D eigenvalue weighted by Gasteiger charge is -2.04. The molecule has 0 amide bonds. The molecule has 126 valence electrons. The summed E-state index contributed by atoms with van der Waals surface area (Å²) >= 11 is 6.09. The molecule has 0 aliphatic heterocycles. The standard InChI is InChI=1S/C15H14ClN3O4S/c1-24(22,23)18-13-6-2-11(3-7-13)10-17-15(16)12-4-8-14(9-5-12)19(20)21/h2-9,18H,10H2,1H3. The molecule has 0 heterocycles. The van der Waals surface area contributed by atoms with E-state index in [1.54, 1.807) is 24.3 Å². The molecule has 9 heteroatoms. The number of sulfonamides is 1. The average Bonchev–Trinajstić information content (AvgIpc) is 2.52. The molecule has 7 nitrogen and oxygen atoms in total. The molecule has 0 unspecified atom stereocenters. The summed E-state index contributed by atoms with van der Waals surface area (Å²) in [4.78, 5) is 14.3. The van der Waals surface area contributed by atoms with E-state index < -0.39 is 14.9 Å². The van der Waals surface area contributed by atoms with Gasteiger partial charge in [-0.25, -0.2) is 8.42 Å². The van der Waals surface area contributed by atoms with Crippen LogP contribution in [0.25, 0.3) is 0 Å². The number of nitrogens with zero attached hydrogens (tertiary/aromatic N) is 2. The van der Waals surface area contributed by atoms with E-state index in [4.69, 9.17) is 11.6 Å². The van der Waals surface area contributed by atoms with Crippen LogP contribution in [-0.2, 0) is 16.6 Å². The maximum Gasteiger partial charge on any atom is 0.269 e. The van der Waals surface area contributed by atoms with Crippen molar-refractivity contribution in [3.63, 3.8) is 0 Å². The van der Waals surface area contributed by atoms with E-state index in [9.17, 15) is 18.5 Å². The van der Waals surface area contributed by atoms with Gasteiger partial charge in [-0.3, -0.25) is 19.8 Å². The number of nitro groups is 1. The highest BCUT2D eigenvalue weighted by Crippen LogP contribution is 2.16. The molecule has 0 fully saturated rings. The Balaban J connectivity index is 2.05. The summed E-state index contributed by atoms with van der Waals surface area (Å²) in [6.07, 6.45) is 1.08. The summed E-state index contributed by atoms with van der Waals surface area (Å²) in [6.45, 7) is 0.301. The third-order valence-corrected chi connectivity index (χ3v) is 3.92. The van der Waals surface area contributed by atoms with Gasteiger partial charge < -0.3 is 0 Å². The Kier molecular flexibility index (Phi) is 5.53. The van der Waals surface area contributed by atoms with Crippen LogP contribution in [0.2, 0.25) is 0 Å². The van der Waals surface area contributed by atoms with Gasteiger partial charge in [0.1, 0.15) is 5.17 Å². The van der Waals surface area contributed by atoms with Gasteiger partial charge in [-0.1, -0.05) is 23.7 Å². The number of anilines is 1. The molecule has 24 heavy (non-hydrogen) atoms. The molecule has 1 N–H and O–H groups in total. The van der Waals surface area contributed by atoms with Crippen LogP contribution in [-0.4, -0.2) is 24.8 Å². The highest BCUT2D eigenvalue weighted by Gasteiger charge is 2.06. The first kappa shape index (κ1) is 17.9. The van der Waals surface area contributed by atoms with Crippen LogP contribution >= 0.6 is 11.6 Å². The van der Waals surface area contributed by atoms with Crippen LogP contribution in [0.4, 0.5) is 11.4 Å². The Hall–Kier alpha value is -2.45. The predicted octanol–water partition coefficient (Wildman–Crippen LogP) is 3.15. The number of benzene rings is 2. The Labute approximate surface area is 144 Å². The van der Waals surface area contributed by atoms with Crippen molar-refractivity contribution in [1.82, 2.24) is 0 Å². The highest BCUT2D eigenvalue weighted by atomic mass is 35.5. The first-order valence-corrected chi connectivity index (χ1v) is 9.03. The van der Waals surface area contributed by atoms with E-state index in [1.165, 1.54) is 24.3 Å². The summed E-state index contributed by atoms with van der Waals surface area (Å²) in [6, 6.07) is 12.5. The molecule has 0 aromatic heterocycles. The summed E-state index contributed by atoms with van der Waals surface area (Å²) in [5.74, 6) is 0. The molecule has 0 radical (unpaired) electrons. The summed E-state index contributed by atoms with van der Waals surface area (Å²) in [5, 5.41) is 10.8. The predicted molar refractivity (Wildman–Crippen MR) is 94.1 cm³/mol. The Morgan fingerprint density at radius 3 is 2.25 bits per heavy atom. The third-order valence-electron chi connectivity index (χ3n) is 2.97. The van der Waals surface area contributed by atoms with Crippen molar-refractivity contribution in [2.24, 2.45) is 4.99 Å². The second-order valence-corrected chi connectivity index (χ2v) is 7.09. The van der Waals surface area contributed by atoms with Gasteiger partial charge in [0, 0.05) is 23.4 Å². The lowest BCUT2D eigenvalue weighted by molar-refractivity contribution is -0.384. The maximum atomic E-state index is 11.1. The Morgan fingerprint density at radius 2 is 1.75 bits per heavy atom. The SMILES string of the molecule is CS(=O)(=O)Nc1ccc(CN=C(Cl)c2ccc([N+](=O)[O-])cc2)cc1. The first-order valence-electron chi connectivity index (χ1n) is 6.76. The lowest BCUT2D eigenvalue weighted by Crippen LogP contribution is -2.09. The van der Waals surface area contributed by atoms with Crippen molar-refractivity contribution in [2.75, 3.05) is 11.0 Å². The van der Waals surface area contributed by atoms with E-state index >= 15 is 0 Å². The van der Waals surface area contributed by atoms with Gasteiger partial charge in [0.05, 0.1) is 17.7 Å². The molecule has 0 aliphatic carbocycles. The van der Waals surface area contributed by atoms with Gasteiger partial charge in [-0.15, -0.1) is 0 Å². The van der Waals surface area contributed by atoms with Gasteiger partial charge >= 0.3 is 0 Å². The molecular weight excluding hydrogens is 354 g/mol. The Bertz CT molecular complexity index is 863. The fraction of sp³-hybridized carbons (Fsp3) is 0.133. The Morgan fingerprint density at radius 1 is 1.17 bits per heavy atom. The smallest absolute Gasteiger partial charge is 0.269 e. The molecule has 0 bridgehead atoms. The molecule has 2 aromatic rings. The zero-order chi connectivity index (χ0) is 17.7. The van der Waals surface area contributed by atoms with E-state index in [0.29, 0.717) is 17.8 Å². The normalized spacial score (nSPS) is 12.0. The van der Waals surface area contributed by atoms with Crippen molar-refractivity contribution in [3.8, 4) is 0 Å². The topological polar surface area (TPSA) is 102 Å². The van der Waals surface area contributed by atoms with E-state index in [1.807, 2.05) is 0 Å². The number of aliphatic imine (C=N–C) groups is 1. The third kappa shape index (κ3) is 5.32. The minimum absolute atomic E-state index is 0.0165. The van der Waals surface area contributed by atoms with Crippen LogP contribution in [0.3, 0.4) is 0 Å². The molecule has 0 spiro atoms. The number of nitrogens with one attached hydrogen (secondary N) is 1. The van der Waals surface area contributed by atoms with Crippen LogP contribution in [0.15, 0.2) is 53.5 Å². The molecule has 2 aromatic carbocycles. The molecule has 0 saturated carbocycles. The van der Waals surface area contributed by atoms with Crippen molar-refractivity contribution in [3.05, 3.63) is 69.8 Å². The van der Waals surface area contributed by atoms with E-state index in [-0.39, 0.29) is 10.9 Å². The zero-order valence-corrected chi connectivity index (χ0v) is 14.2. The molecule has 2 rings (SSSR count). The van der Waals surface area contributed by atoms with Crippen LogP contribution in [0.5, 0.6) is 0 Å². The number of hydrogen-bond donors (Lipinski definition) is 1. The van der Waals surface area contributed by atoms with E-state index in [2.05, 4.69) is 9.71 Å². The van der Waals surface area contributed by atoms with Crippen molar-refractivity contribution >= 4 is 38.2 Å². The fourth-order valence-corrected chi connectivity index (χ4v) is 2.61. The quantitative estimate of drug-likeness (QED) is 0.481. The average molecular weight is 368 g/mol. The fourth-order valence-electron chi connectivity index (χ4n) is 1.86. The molecule has 0 atom stereocenters. The monoisotopic (exact) mass is 367 g/mol. The summed E-state index contributed by atoms with van der Waals surface area (Å²) in [7, 11) is -3.31. The van der Waals surface area contributed by atoms with Crippen LogP contribution < -0.4 is 4.72 Å². The number of non-ortho nitro benzene ring substituents is 1. The lowest BCUT2D eigenvalue weighted by atomic mass is 10.2. The number of nitro benzene ring substituents is 1. The second-order valence-electron chi connectivity index (χ2n) is 4.98. The van der Waals surface area contributed by atoms with Gasteiger partial charge in [-0.05, 0) is 29.8 Å². The van der Waals surface area contributed by atoms with Crippen LogP contribution in [0, 0.1) is 10.1 Å². The first-order chi connectivity index (χ1) is 11.2. The maximum absolute atomic E-state index is 11.1. The zero-order valence-electron chi connectivity index (χ0n) is 12.6. The van der Waals surface area contributed by atoms with Crippen molar-refractivity contribution in [1.29, 1.82) is 0 Å². The minimum Gasteiger partial charge on any atom is -0.284 e. The van der Waals surface area contributed by atoms with Gasteiger partial charge in [0.2, 0.25) is 10.0 Å². The number of rotatable bonds is 6. The van der Waals surface area contributed by atoms with Gasteiger partial charge in [-0.2, -0.15) is 0 Å². The largest absolute Gasteiger partial charge is 0.284 e. The van der Waals surface area contributed by atoms with Crippen molar-refractivity contribution in [2.45, 2.75) is 6.54 Å². The number of halogens is 1.